The fraction of sp³-hybridized carbons (Fsp3) is 0.345. The molecule has 4 rings (SSSR count). The molecular formula is C29H36N6O4S. The van der Waals surface area contributed by atoms with E-state index in [1.807, 2.05) is 54.6 Å². The number of fused-ring (bicyclic) bond motifs is 1. The highest BCUT2D eigenvalue weighted by atomic mass is 32.2. The number of amides is 2. The van der Waals surface area contributed by atoms with Crippen LogP contribution in [0.25, 0.3) is 10.8 Å². The summed E-state index contributed by atoms with van der Waals surface area (Å²) in [5, 5.41) is 10.6. The van der Waals surface area contributed by atoms with E-state index < -0.39 is 33.9 Å². The maximum absolute atomic E-state index is 13.4. The summed E-state index contributed by atoms with van der Waals surface area (Å²) in [4.78, 5) is 28.7. The average molecular weight is 565 g/mol. The topological polar surface area (TPSA) is 146 Å². The zero-order chi connectivity index (χ0) is 28.4. The Morgan fingerprint density at radius 2 is 1.77 bits per heavy atom. The first-order chi connectivity index (χ1) is 19.4. The Balaban J connectivity index is 1.45. The molecule has 1 aliphatic heterocycles. The van der Waals surface area contributed by atoms with Gasteiger partial charge in [-0.15, -0.1) is 0 Å². The number of nitrogens with two attached hydrogens (primary N) is 1. The van der Waals surface area contributed by atoms with Crippen LogP contribution in [-0.2, 0) is 26.0 Å². The summed E-state index contributed by atoms with van der Waals surface area (Å²) in [6.45, 7) is 2.21. The van der Waals surface area contributed by atoms with E-state index in [4.69, 9.17) is 5.84 Å². The van der Waals surface area contributed by atoms with Gasteiger partial charge in [0.1, 0.15) is 12.4 Å². The second kappa shape index (κ2) is 14.0. The van der Waals surface area contributed by atoms with E-state index in [1.165, 1.54) is 12.4 Å². The molecule has 212 valence electrons. The minimum absolute atomic E-state index is 0.0533. The van der Waals surface area contributed by atoms with Gasteiger partial charge in [0.25, 0.3) is 0 Å². The fourth-order valence-electron chi connectivity index (χ4n) is 4.97. The van der Waals surface area contributed by atoms with E-state index in [0.717, 1.165) is 55.2 Å². The predicted octanol–water partition coefficient (Wildman–Crippen LogP) is 2.11. The molecule has 0 spiro atoms. The van der Waals surface area contributed by atoms with Gasteiger partial charge in [0.15, 0.2) is 0 Å². The van der Waals surface area contributed by atoms with Crippen molar-refractivity contribution in [3.63, 3.8) is 0 Å². The van der Waals surface area contributed by atoms with Gasteiger partial charge in [0.05, 0.1) is 10.9 Å². The van der Waals surface area contributed by atoms with E-state index in [9.17, 15) is 18.0 Å². The van der Waals surface area contributed by atoms with Crippen molar-refractivity contribution in [3.05, 3.63) is 78.4 Å². The van der Waals surface area contributed by atoms with Crippen LogP contribution >= 0.6 is 0 Å². The summed E-state index contributed by atoms with van der Waals surface area (Å²) < 4.78 is 29.3. The number of rotatable bonds is 13. The summed E-state index contributed by atoms with van der Waals surface area (Å²) >= 11 is 0. The molecule has 1 fully saturated rings. The van der Waals surface area contributed by atoms with Gasteiger partial charge in [-0.05, 0) is 73.7 Å². The van der Waals surface area contributed by atoms with Crippen molar-refractivity contribution in [2.75, 3.05) is 19.6 Å². The van der Waals surface area contributed by atoms with Crippen LogP contribution in [0.2, 0.25) is 0 Å². The first-order valence-corrected chi connectivity index (χ1v) is 14.9. The van der Waals surface area contributed by atoms with Gasteiger partial charge in [-0.25, -0.2) is 8.42 Å². The molecule has 40 heavy (non-hydrogen) atoms. The Morgan fingerprint density at radius 1 is 1.02 bits per heavy atom. The summed E-state index contributed by atoms with van der Waals surface area (Å²) in [6.07, 6.45) is 4.78. The van der Waals surface area contributed by atoms with E-state index in [2.05, 4.69) is 25.4 Å². The highest BCUT2D eigenvalue weighted by Gasteiger charge is 2.33. The molecule has 10 nitrogen and oxygen atoms in total. The molecule has 5 N–H and O–H groups in total. The number of hydrogen-bond donors (Lipinski definition) is 4. The Morgan fingerprint density at radius 3 is 2.55 bits per heavy atom. The second-order valence-corrected chi connectivity index (χ2v) is 11.6. The molecule has 0 aromatic heterocycles. The van der Waals surface area contributed by atoms with Crippen LogP contribution in [-0.4, -0.2) is 63.2 Å². The van der Waals surface area contributed by atoms with Gasteiger partial charge in [-0.2, -0.15) is 9.82 Å². The second-order valence-electron chi connectivity index (χ2n) is 9.86. The van der Waals surface area contributed by atoms with Crippen LogP contribution in [0.1, 0.15) is 31.2 Å². The first-order valence-electron chi connectivity index (χ1n) is 13.5. The monoisotopic (exact) mass is 564 g/mol. The quantitative estimate of drug-likeness (QED) is 0.0818. The van der Waals surface area contributed by atoms with Crippen molar-refractivity contribution in [2.45, 2.75) is 49.1 Å². The number of nitrogens with zero attached hydrogens (tertiary/aromatic N) is 2. The lowest BCUT2D eigenvalue weighted by molar-refractivity contribution is -0.133. The number of hydrazone groups is 1. The number of likely N-dealkylation sites (tertiary alicyclic amines) is 1. The number of imide groups is 1. The standard InChI is InChI=1S/C29H36N6O4S/c30-32-21-31-16-6-7-17-35-18-8-13-27(35)29(37)33-28(36)26(19-22-9-2-1-3-10-22)34-40(38,39)25-15-14-23-11-4-5-12-24(23)20-25/h1-5,9-12,14-15,20-21,26-27,34H,6-8,13,16-19,30H2,(H,31,32)(H,33,36,37)/t26-,27-/m0/s1. The molecule has 11 heteroatoms. The third kappa shape index (κ3) is 7.87. The maximum Gasteiger partial charge on any atom is 0.245 e. The average Bonchev–Trinajstić information content (AvgIpc) is 3.43. The Bertz CT molecular complexity index is 1430. The SMILES string of the molecule is NN=CNCCCCN1CCC[C@H]1C(=O)NC(=O)[C@H](Cc1ccccc1)NS(=O)(=O)c1ccc2ccccc2c1. The van der Waals surface area contributed by atoms with Gasteiger partial charge in [-0.3, -0.25) is 19.8 Å². The molecule has 2 atom stereocenters. The summed E-state index contributed by atoms with van der Waals surface area (Å²) in [7, 11) is -4.06. The molecule has 3 aromatic carbocycles. The number of unbranched alkanes of at least 4 members (excludes halogenated alkanes) is 1. The van der Waals surface area contributed by atoms with E-state index in [1.54, 1.807) is 12.1 Å². The fourth-order valence-corrected chi connectivity index (χ4v) is 6.20. The van der Waals surface area contributed by atoms with Crippen molar-refractivity contribution in [1.29, 1.82) is 0 Å². The minimum atomic E-state index is -4.06. The number of nitrogens with one attached hydrogen (secondary N) is 3. The van der Waals surface area contributed by atoms with Crippen LogP contribution in [0.3, 0.4) is 0 Å². The summed E-state index contributed by atoms with van der Waals surface area (Å²) in [6, 6.07) is 19.8. The third-order valence-corrected chi connectivity index (χ3v) is 8.49. The van der Waals surface area contributed by atoms with Crippen LogP contribution in [0.5, 0.6) is 0 Å². The molecule has 0 unspecified atom stereocenters. The molecule has 3 aromatic rings. The number of carbonyl (C=O) groups is 2. The van der Waals surface area contributed by atoms with Gasteiger partial charge in [0.2, 0.25) is 21.8 Å². The molecule has 1 saturated heterocycles. The maximum atomic E-state index is 13.4. The van der Waals surface area contributed by atoms with Gasteiger partial charge in [-0.1, -0.05) is 60.7 Å². The highest BCUT2D eigenvalue weighted by molar-refractivity contribution is 7.89. The highest BCUT2D eigenvalue weighted by Crippen LogP contribution is 2.20. The first kappa shape index (κ1) is 29.2. The van der Waals surface area contributed by atoms with Gasteiger partial charge in [0, 0.05) is 6.54 Å². The number of sulfonamides is 1. The van der Waals surface area contributed by atoms with Crippen LogP contribution in [0.4, 0.5) is 0 Å². The number of carbonyl (C=O) groups excluding carboxylic acids is 2. The van der Waals surface area contributed by atoms with Crippen LogP contribution in [0, 0.1) is 0 Å². The minimum Gasteiger partial charge on any atom is -0.375 e. The van der Waals surface area contributed by atoms with Crippen molar-refractivity contribution >= 4 is 38.9 Å². The van der Waals surface area contributed by atoms with E-state index in [-0.39, 0.29) is 11.3 Å². The molecule has 0 saturated carbocycles. The van der Waals surface area contributed by atoms with Crippen molar-refractivity contribution < 1.29 is 18.0 Å². The molecule has 1 aliphatic rings. The Labute approximate surface area is 235 Å². The number of hydrogen-bond acceptors (Lipinski definition) is 7. The van der Waals surface area contributed by atoms with Crippen molar-refractivity contribution in [1.82, 2.24) is 20.3 Å². The molecule has 0 radical (unpaired) electrons. The van der Waals surface area contributed by atoms with Gasteiger partial charge < -0.3 is 11.2 Å². The molecule has 0 bridgehead atoms. The lowest BCUT2D eigenvalue weighted by atomic mass is 10.1. The third-order valence-electron chi connectivity index (χ3n) is 7.02. The molecule has 2 amide bonds. The molecule has 1 heterocycles. The van der Waals surface area contributed by atoms with Crippen molar-refractivity contribution in [2.24, 2.45) is 10.9 Å². The summed E-state index contributed by atoms with van der Waals surface area (Å²) in [5.74, 6) is 4.00. The predicted molar refractivity (Wildman–Crippen MR) is 156 cm³/mol. The van der Waals surface area contributed by atoms with Crippen molar-refractivity contribution in [3.8, 4) is 0 Å². The lowest BCUT2D eigenvalue weighted by Gasteiger charge is -2.24. The molecule has 0 aliphatic carbocycles. The zero-order valence-corrected chi connectivity index (χ0v) is 23.1. The smallest absolute Gasteiger partial charge is 0.245 e. The lowest BCUT2D eigenvalue weighted by Crippen LogP contribution is -2.53. The van der Waals surface area contributed by atoms with E-state index >= 15 is 0 Å². The Hall–Kier alpha value is -3.80. The summed E-state index contributed by atoms with van der Waals surface area (Å²) in [5.41, 5.74) is 0.770. The van der Waals surface area contributed by atoms with Crippen LogP contribution in [0.15, 0.2) is 82.8 Å². The zero-order valence-electron chi connectivity index (χ0n) is 22.3. The van der Waals surface area contributed by atoms with Gasteiger partial charge >= 0.3 is 0 Å². The normalized spacial score (nSPS) is 16.8. The van der Waals surface area contributed by atoms with Crippen LogP contribution < -0.4 is 21.2 Å². The Kier molecular flexibility index (Phi) is 10.2. The largest absolute Gasteiger partial charge is 0.375 e. The number of benzene rings is 3. The van der Waals surface area contributed by atoms with E-state index in [0.29, 0.717) is 6.42 Å². The molecular weight excluding hydrogens is 528 g/mol.